The predicted molar refractivity (Wildman–Crippen MR) is 77.2 cm³/mol. The summed E-state index contributed by atoms with van der Waals surface area (Å²) >= 11 is 1.26. The average Bonchev–Trinajstić information content (AvgIpc) is 3.31. The molecule has 2 aliphatic rings. The van der Waals surface area contributed by atoms with Gasteiger partial charge in [0.25, 0.3) is 0 Å². The van der Waals surface area contributed by atoms with Crippen molar-refractivity contribution in [1.82, 2.24) is 14.8 Å². The lowest BCUT2D eigenvalue weighted by atomic mass is 10.2. The van der Waals surface area contributed by atoms with Crippen LogP contribution in [0.5, 0.6) is 0 Å². The number of aromatic nitrogens is 3. The van der Waals surface area contributed by atoms with Crippen LogP contribution < -0.4 is 4.90 Å². The molecular formula is C13H20N4O2S. The molecule has 1 aromatic heterocycles. The fourth-order valence-electron chi connectivity index (χ4n) is 2.46. The van der Waals surface area contributed by atoms with Crippen LogP contribution in [0.2, 0.25) is 0 Å². The minimum atomic E-state index is -0.818. The maximum absolute atomic E-state index is 10.7. The Morgan fingerprint density at radius 3 is 2.70 bits per heavy atom. The van der Waals surface area contributed by atoms with Crippen LogP contribution in [0, 0.1) is 5.92 Å². The quantitative estimate of drug-likeness (QED) is 0.776. The molecule has 0 radical (unpaired) electrons. The van der Waals surface area contributed by atoms with Gasteiger partial charge in [-0.05, 0) is 38.5 Å². The van der Waals surface area contributed by atoms with Crippen molar-refractivity contribution in [3.8, 4) is 0 Å². The van der Waals surface area contributed by atoms with E-state index >= 15 is 0 Å². The van der Waals surface area contributed by atoms with Crippen molar-refractivity contribution < 1.29 is 9.90 Å². The number of aliphatic carboxylic acids is 1. The lowest BCUT2D eigenvalue weighted by Gasteiger charge is -2.26. The van der Waals surface area contributed by atoms with Crippen LogP contribution >= 0.6 is 11.8 Å². The molecule has 0 saturated heterocycles. The van der Waals surface area contributed by atoms with Crippen LogP contribution in [0.1, 0.15) is 38.6 Å². The second-order valence-corrected chi connectivity index (χ2v) is 6.70. The molecule has 110 valence electrons. The van der Waals surface area contributed by atoms with E-state index in [1.54, 1.807) is 0 Å². The smallest absolute Gasteiger partial charge is 0.313 e. The highest BCUT2D eigenvalue weighted by Gasteiger charge is 2.36. The molecule has 3 rings (SSSR count). The van der Waals surface area contributed by atoms with Crippen LogP contribution in [0.4, 0.5) is 5.95 Å². The standard InChI is InChI=1S/C13H20N4O2S/c1-8(9-3-4-9)16(2)12-14-15-13(20-7-11(18)19)17(12)10-5-6-10/h8-10H,3-7H2,1-2H3,(H,18,19). The molecule has 2 saturated carbocycles. The summed E-state index contributed by atoms with van der Waals surface area (Å²) in [6, 6.07) is 0.916. The Hall–Kier alpha value is -1.24. The molecule has 1 unspecified atom stereocenters. The molecule has 0 aliphatic heterocycles. The first-order chi connectivity index (χ1) is 9.58. The Labute approximate surface area is 122 Å². The Kier molecular flexibility index (Phi) is 3.62. The number of thioether (sulfide) groups is 1. The maximum Gasteiger partial charge on any atom is 0.313 e. The molecule has 2 fully saturated rings. The summed E-state index contributed by atoms with van der Waals surface area (Å²) in [5, 5.41) is 18.1. The van der Waals surface area contributed by atoms with Crippen LogP contribution in [-0.4, -0.2) is 44.7 Å². The van der Waals surface area contributed by atoms with Crippen LogP contribution in [0.25, 0.3) is 0 Å². The predicted octanol–water partition coefficient (Wildman–Crippen LogP) is 2.02. The molecule has 0 bridgehead atoms. The van der Waals surface area contributed by atoms with Gasteiger partial charge in [-0.1, -0.05) is 11.8 Å². The van der Waals surface area contributed by atoms with Crippen LogP contribution in [0.3, 0.4) is 0 Å². The molecule has 0 aromatic carbocycles. The first kappa shape index (κ1) is 13.7. The second-order valence-electron chi connectivity index (χ2n) is 5.76. The summed E-state index contributed by atoms with van der Waals surface area (Å²) in [7, 11) is 2.07. The number of hydrogen-bond acceptors (Lipinski definition) is 5. The highest BCUT2D eigenvalue weighted by molar-refractivity contribution is 7.99. The van der Waals surface area contributed by atoms with E-state index in [0.29, 0.717) is 12.1 Å². The van der Waals surface area contributed by atoms with Crippen LogP contribution in [-0.2, 0) is 4.79 Å². The fraction of sp³-hybridized carbons (Fsp3) is 0.769. The second kappa shape index (κ2) is 5.27. The van der Waals surface area contributed by atoms with Crippen molar-refractivity contribution in [1.29, 1.82) is 0 Å². The van der Waals surface area contributed by atoms with E-state index in [-0.39, 0.29) is 5.75 Å². The Bertz CT molecular complexity index is 510. The first-order valence-electron chi connectivity index (χ1n) is 7.10. The van der Waals surface area contributed by atoms with Crippen molar-refractivity contribution >= 4 is 23.7 Å². The summed E-state index contributed by atoms with van der Waals surface area (Å²) in [6.07, 6.45) is 4.86. The van der Waals surface area contributed by atoms with Gasteiger partial charge in [0.1, 0.15) is 0 Å². The van der Waals surface area contributed by atoms with Gasteiger partial charge in [-0.15, -0.1) is 10.2 Å². The summed E-state index contributed by atoms with van der Waals surface area (Å²) in [4.78, 5) is 12.9. The Balaban J connectivity index is 1.80. The van der Waals surface area contributed by atoms with Crippen molar-refractivity contribution in [2.75, 3.05) is 17.7 Å². The SMILES string of the molecule is CC(C1CC1)N(C)c1nnc(SCC(=O)O)n1C1CC1. The third kappa shape index (κ3) is 2.77. The van der Waals surface area contributed by atoms with Gasteiger partial charge in [-0.2, -0.15) is 0 Å². The zero-order chi connectivity index (χ0) is 14.3. The summed E-state index contributed by atoms with van der Waals surface area (Å²) < 4.78 is 2.13. The largest absolute Gasteiger partial charge is 0.481 e. The number of carbonyl (C=O) groups is 1. The highest BCUT2D eigenvalue weighted by atomic mass is 32.2. The van der Waals surface area contributed by atoms with Gasteiger partial charge in [-0.25, -0.2) is 0 Å². The van der Waals surface area contributed by atoms with E-state index in [1.807, 2.05) is 0 Å². The number of carboxylic acid groups (broad SMARTS) is 1. The minimum absolute atomic E-state index is 0.0345. The molecule has 7 heteroatoms. The third-order valence-electron chi connectivity index (χ3n) is 4.11. The van der Waals surface area contributed by atoms with Gasteiger partial charge >= 0.3 is 5.97 Å². The van der Waals surface area contributed by atoms with Crippen LogP contribution in [0.15, 0.2) is 5.16 Å². The normalized spacial score (nSPS) is 19.9. The van der Waals surface area contributed by atoms with Crippen molar-refractivity contribution in [3.05, 3.63) is 0 Å². The lowest BCUT2D eigenvalue weighted by molar-refractivity contribution is -0.133. The van der Waals surface area contributed by atoms with Gasteiger partial charge in [-0.3, -0.25) is 9.36 Å². The number of nitrogens with zero attached hydrogens (tertiary/aromatic N) is 4. The molecule has 0 spiro atoms. The molecular weight excluding hydrogens is 276 g/mol. The Morgan fingerprint density at radius 1 is 1.45 bits per heavy atom. The van der Waals surface area contributed by atoms with Crippen molar-refractivity contribution in [3.63, 3.8) is 0 Å². The highest BCUT2D eigenvalue weighted by Crippen LogP contribution is 2.42. The molecule has 1 aromatic rings. The van der Waals surface area contributed by atoms with Gasteiger partial charge in [0, 0.05) is 19.1 Å². The van der Waals surface area contributed by atoms with Gasteiger partial charge in [0.2, 0.25) is 5.95 Å². The summed E-state index contributed by atoms with van der Waals surface area (Å²) in [5.74, 6) is 0.869. The van der Waals surface area contributed by atoms with Gasteiger partial charge in [0.15, 0.2) is 5.16 Å². The first-order valence-corrected chi connectivity index (χ1v) is 8.09. The van der Waals surface area contributed by atoms with E-state index in [4.69, 9.17) is 5.11 Å². The monoisotopic (exact) mass is 296 g/mol. The van der Waals surface area contributed by atoms with Gasteiger partial charge in [0.05, 0.1) is 5.75 Å². The zero-order valence-electron chi connectivity index (χ0n) is 11.8. The number of rotatable bonds is 7. The number of anilines is 1. The topological polar surface area (TPSA) is 71.2 Å². The zero-order valence-corrected chi connectivity index (χ0v) is 12.6. The molecule has 1 atom stereocenters. The summed E-state index contributed by atoms with van der Waals surface area (Å²) in [5.41, 5.74) is 0. The third-order valence-corrected chi connectivity index (χ3v) is 5.04. The fourth-order valence-corrected chi connectivity index (χ4v) is 3.18. The molecule has 2 aliphatic carbocycles. The molecule has 6 nitrogen and oxygen atoms in total. The maximum atomic E-state index is 10.7. The van der Waals surface area contributed by atoms with E-state index < -0.39 is 5.97 Å². The van der Waals surface area contributed by atoms with Gasteiger partial charge < -0.3 is 10.0 Å². The number of hydrogen-bond donors (Lipinski definition) is 1. The summed E-state index contributed by atoms with van der Waals surface area (Å²) in [6.45, 7) is 2.23. The Morgan fingerprint density at radius 2 is 2.15 bits per heavy atom. The minimum Gasteiger partial charge on any atom is -0.481 e. The van der Waals surface area contributed by atoms with E-state index in [2.05, 4.69) is 33.6 Å². The lowest BCUT2D eigenvalue weighted by Crippen LogP contribution is -2.33. The molecule has 1 N–H and O–H groups in total. The molecule has 20 heavy (non-hydrogen) atoms. The van der Waals surface area contributed by atoms with Crippen molar-refractivity contribution in [2.45, 2.75) is 49.8 Å². The van der Waals surface area contributed by atoms with E-state index in [1.165, 1.54) is 24.6 Å². The van der Waals surface area contributed by atoms with E-state index in [0.717, 1.165) is 29.9 Å². The average molecular weight is 296 g/mol. The molecule has 1 heterocycles. The molecule has 0 amide bonds. The van der Waals surface area contributed by atoms with E-state index in [9.17, 15) is 4.79 Å². The van der Waals surface area contributed by atoms with Crippen molar-refractivity contribution in [2.24, 2.45) is 5.92 Å². The number of carboxylic acids is 1.